The standard InChI is InChI=1S/C26H27ClN2O4/c1-4-13-29-23(16-7-10-19(11-8-16)28(5-2)6-3)22(25(31)26(29)32)24(30)21-15-17-14-18(27)9-12-20(17)33-21/h7-12,14-15,23,31H,4-6,13H2,1-3H3. The molecule has 0 saturated carbocycles. The minimum atomic E-state index is -0.687. The SMILES string of the molecule is CCCN1C(=O)C(O)=C(C(=O)c2cc3cc(Cl)ccc3o2)C1c1ccc(N(CC)CC)cc1. The molecule has 1 unspecified atom stereocenters. The van der Waals surface area contributed by atoms with Crippen molar-refractivity contribution in [3.63, 3.8) is 0 Å². The number of carbonyl (C=O) groups excluding carboxylic acids is 2. The number of hydrogen-bond donors (Lipinski definition) is 1. The Bertz CT molecular complexity index is 1220. The third-order valence-corrected chi connectivity index (χ3v) is 6.29. The molecular weight excluding hydrogens is 440 g/mol. The Hall–Kier alpha value is -3.25. The summed E-state index contributed by atoms with van der Waals surface area (Å²) in [4.78, 5) is 30.2. The number of Topliss-reactive ketones (excluding diaryl/α,β-unsaturated/α-hetero) is 1. The van der Waals surface area contributed by atoms with Crippen LogP contribution in [0.15, 0.2) is 64.3 Å². The van der Waals surface area contributed by atoms with Gasteiger partial charge in [-0.3, -0.25) is 9.59 Å². The number of hydrogen-bond acceptors (Lipinski definition) is 5. The van der Waals surface area contributed by atoms with Gasteiger partial charge in [-0.2, -0.15) is 0 Å². The lowest BCUT2D eigenvalue weighted by Gasteiger charge is -2.27. The van der Waals surface area contributed by atoms with Crippen LogP contribution in [-0.2, 0) is 4.79 Å². The molecule has 1 atom stereocenters. The summed E-state index contributed by atoms with van der Waals surface area (Å²) in [6, 6.07) is 13.8. The van der Waals surface area contributed by atoms with Gasteiger partial charge in [-0.25, -0.2) is 0 Å². The molecule has 4 rings (SSSR count). The highest BCUT2D eigenvalue weighted by atomic mass is 35.5. The number of nitrogens with zero attached hydrogens (tertiary/aromatic N) is 2. The lowest BCUT2D eigenvalue weighted by molar-refractivity contribution is -0.129. The van der Waals surface area contributed by atoms with Crippen LogP contribution in [0.3, 0.4) is 0 Å². The fraction of sp³-hybridized carbons (Fsp3) is 0.308. The molecule has 1 amide bonds. The highest BCUT2D eigenvalue weighted by Gasteiger charge is 2.44. The summed E-state index contributed by atoms with van der Waals surface area (Å²) in [6.07, 6.45) is 0.692. The third-order valence-electron chi connectivity index (χ3n) is 6.05. The maximum absolute atomic E-state index is 13.5. The van der Waals surface area contributed by atoms with E-state index in [-0.39, 0.29) is 11.3 Å². The molecule has 0 saturated heterocycles. The van der Waals surface area contributed by atoms with Crippen LogP contribution >= 0.6 is 11.6 Å². The number of amides is 1. The lowest BCUT2D eigenvalue weighted by atomic mass is 9.94. The summed E-state index contributed by atoms with van der Waals surface area (Å²) < 4.78 is 5.75. The molecule has 0 bridgehead atoms. The largest absolute Gasteiger partial charge is 0.503 e. The molecule has 6 nitrogen and oxygen atoms in total. The van der Waals surface area contributed by atoms with Gasteiger partial charge in [-0.05, 0) is 62.2 Å². The quantitative estimate of drug-likeness (QED) is 0.417. The first kappa shape index (κ1) is 22.9. The van der Waals surface area contributed by atoms with Crippen LogP contribution in [0.1, 0.15) is 49.4 Å². The first-order valence-electron chi connectivity index (χ1n) is 11.2. The van der Waals surface area contributed by atoms with Crippen molar-refractivity contribution in [2.24, 2.45) is 0 Å². The van der Waals surface area contributed by atoms with E-state index >= 15 is 0 Å². The molecule has 2 heterocycles. The fourth-order valence-corrected chi connectivity index (χ4v) is 4.60. The first-order chi connectivity index (χ1) is 15.9. The van der Waals surface area contributed by atoms with E-state index in [1.54, 1.807) is 29.2 Å². The zero-order chi connectivity index (χ0) is 23.7. The van der Waals surface area contributed by atoms with E-state index < -0.39 is 23.5 Å². The van der Waals surface area contributed by atoms with Gasteiger partial charge in [0, 0.05) is 35.7 Å². The van der Waals surface area contributed by atoms with E-state index in [0.717, 1.165) is 24.3 Å². The number of fused-ring (bicyclic) bond motifs is 1. The Kier molecular flexibility index (Phi) is 6.47. The number of furan rings is 1. The highest BCUT2D eigenvalue weighted by molar-refractivity contribution is 6.31. The average molecular weight is 467 g/mol. The van der Waals surface area contributed by atoms with Crippen LogP contribution in [0.2, 0.25) is 5.02 Å². The van der Waals surface area contributed by atoms with Gasteiger partial charge in [0.1, 0.15) is 5.58 Å². The number of benzene rings is 2. The normalized spacial score (nSPS) is 16.2. The van der Waals surface area contributed by atoms with E-state index in [9.17, 15) is 14.7 Å². The molecule has 7 heteroatoms. The van der Waals surface area contributed by atoms with E-state index in [1.807, 2.05) is 31.2 Å². The van der Waals surface area contributed by atoms with Gasteiger partial charge in [0.15, 0.2) is 11.5 Å². The van der Waals surface area contributed by atoms with Gasteiger partial charge in [-0.1, -0.05) is 30.7 Å². The summed E-state index contributed by atoms with van der Waals surface area (Å²) in [6.45, 7) is 8.30. The summed E-state index contributed by atoms with van der Waals surface area (Å²) in [5.74, 6) is -1.52. The number of carbonyl (C=O) groups is 2. The van der Waals surface area contributed by atoms with Crippen molar-refractivity contribution in [1.82, 2.24) is 4.90 Å². The second kappa shape index (κ2) is 9.32. The van der Waals surface area contributed by atoms with Gasteiger partial charge >= 0.3 is 0 Å². The molecule has 1 aliphatic rings. The molecule has 0 fully saturated rings. The minimum Gasteiger partial charge on any atom is -0.503 e. The molecule has 3 aromatic rings. The van der Waals surface area contributed by atoms with Crippen LogP contribution in [0.25, 0.3) is 11.0 Å². The molecule has 2 aromatic carbocycles. The molecule has 33 heavy (non-hydrogen) atoms. The zero-order valence-electron chi connectivity index (χ0n) is 19.0. The van der Waals surface area contributed by atoms with Crippen LogP contribution < -0.4 is 4.90 Å². The molecule has 172 valence electrons. The van der Waals surface area contributed by atoms with Crippen molar-refractivity contribution in [1.29, 1.82) is 0 Å². The predicted octanol–water partition coefficient (Wildman–Crippen LogP) is 5.92. The van der Waals surface area contributed by atoms with E-state index in [1.165, 1.54) is 0 Å². The van der Waals surface area contributed by atoms with Crippen molar-refractivity contribution in [2.75, 3.05) is 24.5 Å². The Balaban J connectivity index is 1.76. The van der Waals surface area contributed by atoms with Crippen LogP contribution in [-0.4, -0.2) is 41.3 Å². The Morgan fingerprint density at radius 2 is 1.79 bits per heavy atom. The Morgan fingerprint density at radius 1 is 1.09 bits per heavy atom. The summed E-state index contributed by atoms with van der Waals surface area (Å²) in [5.41, 5.74) is 2.37. The van der Waals surface area contributed by atoms with Gasteiger partial charge in [-0.15, -0.1) is 0 Å². The number of rotatable bonds is 8. The van der Waals surface area contributed by atoms with Gasteiger partial charge in [0.05, 0.1) is 11.6 Å². The van der Waals surface area contributed by atoms with Crippen LogP contribution in [0.5, 0.6) is 0 Å². The van der Waals surface area contributed by atoms with E-state index in [0.29, 0.717) is 29.0 Å². The van der Waals surface area contributed by atoms with E-state index in [2.05, 4.69) is 18.7 Å². The van der Waals surface area contributed by atoms with Crippen molar-refractivity contribution in [3.05, 3.63) is 76.2 Å². The monoisotopic (exact) mass is 466 g/mol. The zero-order valence-corrected chi connectivity index (χ0v) is 19.7. The van der Waals surface area contributed by atoms with Crippen LogP contribution in [0, 0.1) is 0 Å². The number of anilines is 1. The molecule has 1 N–H and O–H groups in total. The minimum absolute atomic E-state index is 0.0363. The average Bonchev–Trinajstić information content (AvgIpc) is 3.34. The Morgan fingerprint density at radius 3 is 2.42 bits per heavy atom. The summed E-state index contributed by atoms with van der Waals surface area (Å²) in [5, 5.41) is 12.0. The number of aliphatic hydroxyl groups is 1. The van der Waals surface area contributed by atoms with Gasteiger partial charge in [0.25, 0.3) is 5.91 Å². The second-order valence-corrected chi connectivity index (χ2v) is 8.49. The number of aliphatic hydroxyl groups excluding tert-OH is 1. The smallest absolute Gasteiger partial charge is 0.290 e. The highest BCUT2D eigenvalue weighted by Crippen LogP contribution is 2.40. The molecule has 0 radical (unpaired) electrons. The molecule has 1 aliphatic heterocycles. The third kappa shape index (κ3) is 4.11. The summed E-state index contributed by atoms with van der Waals surface area (Å²) >= 11 is 6.06. The molecular formula is C26H27ClN2O4. The van der Waals surface area contributed by atoms with Crippen molar-refractivity contribution < 1.29 is 19.1 Å². The number of ketones is 1. The van der Waals surface area contributed by atoms with Gasteiger partial charge < -0.3 is 19.3 Å². The Labute approximate surface area is 198 Å². The maximum atomic E-state index is 13.5. The molecule has 0 spiro atoms. The summed E-state index contributed by atoms with van der Waals surface area (Å²) in [7, 11) is 0. The van der Waals surface area contributed by atoms with Crippen molar-refractivity contribution >= 4 is 39.9 Å². The topological polar surface area (TPSA) is 74.0 Å². The second-order valence-electron chi connectivity index (χ2n) is 8.05. The number of halogens is 1. The van der Waals surface area contributed by atoms with Gasteiger partial charge in [0.2, 0.25) is 5.78 Å². The lowest BCUT2D eigenvalue weighted by Crippen LogP contribution is -2.31. The van der Waals surface area contributed by atoms with Crippen LogP contribution in [0.4, 0.5) is 5.69 Å². The maximum Gasteiger partial charge on any atom is 0.290 e. The van der Waals surface area contributed by atoms with Crippen molar-refractivity contribution in [3.8, 4) is 0 Å². The van der Waals surface area contributed by atoms with E-state index in [4.69, 9.17) is 16.0 Å². The molecule has 1 aromatic heterocycles. The van der Waals surface area contributed by atoms with Crippen molar-refractivity contribution in [2.45, 2.75) is 33.2 Å². The first-order valence-corrected chi connectivity index (χ1v) is 11.6. The predicted molar refractivity (Wildman–Crippen MR) is 130 cm³/mol. The fourth-order valence-electron chi connectivity index (χ4n) is 4.42. The molecule has 0 aliphatic carbocycles.